The summed E-state index contributed by atoms with van der Waals surface area (Å²) < 4.78 is 5.48. The SMILES string of the molecule is C=Cc1cccc(C(C(=O)NCCCC)N(C(=O)C(NC(=O)OC(C)(C)C)C(C)CC)C(C)(C)CC)c1. The van der Waals surface area contributed by atoms with Gasteiger partial charge in [-0.15, -0.1) is 0 Å². The third-order valence-electron chi connectivity index (χ3n) is 6.70. The van der Waals surface area contributed by atoms with Crippen LogP contribution in [0.25, 0.3) is 6.08 Å². The molecule has 0 fully saturated rings. The lowest BCUT2D eigenvalue weighted by Gasteiger charge is -2.45. The Kier molecular flexibility index (Phi) is 12.4. The highest BCUT2D eigenvalue weighted by Gasteiger charge is 2.44. The Labute approximate surface area is 224 Å². The molecule has 3 unspecified atom stereocenters. The number of hydrogen-bond donors (Lipinski definition) is 2. The molecule has 1 aromatic carbocycles. The van der Waals surface area contributed by atoms with Crippen molar-refractivity contribution in [3.8, 4) is 0 Å². The fourth-order valence-corrected chi connectivity index (χ4v) is 3.97. The summed E-state index contributed by atoms with van der Waals surface area (Å²) in [5.74, 6) is -0.741. The summed E-state index contributed by atoms with van der Waals surface area (Å²) in [6.07, 6.45) is 4.11. The lowest BCUT2D eigenvalue weighted by Crippen LogP contribution is -2.60. The lowest BCUT2D eigenvalue weighted by molar-refractivity contribution is -0.150. The van der Waals surface area contributed by atoms with Gasteiger partial charge in [0.25, 0.3) is 0 Å². The smallest absolute Gasteiger partial charge is 0.408 e. The second-order valence-corrected chi connectivity index (χ2v) is 11.3. The Morgan fingerprint density at radius 2 is 1.76 bits per heavy atom. The minimum absolute atomic E-state index is 0.182. The van der Waals surface area contributed by atoms with Crippen molar-refractivity contribution in [2.24, 2.45) is 5.92 Å². The number of benzene rings is 1. The minimum Gasteiger partial charge on any atom is -0.444 e. The summed E-state index contributed by atoms with van der Waals surface area (Å²) in [7, 11) is 0. The molecule has 37 heavy (non-hydrogen) atoms. The number of ether oxygens (including phenoxy) is 1. The molecule has 0 saturated heterocycles. The third-order valence-corrected chi connectivity index (χ3v) is 6.70. The molecule has 0 heterocycles. The van der Waals surface area contributed by atoms with E-state index in [4.69, 9.17) is 4.74 Å². The number of hydrogen-bond acceptors (Lipinski definition) is 4. The van der Waals surface area contributed by atoms with Crippen molar-refractivity contribution < 1.29 is 19.1 Å². The van der Waals surface area contributed by atoms with Crippen molar-refractivity contribution >= 4 is 24.0 Å². The molecule has 0 aromatic heterocycles. The Morgan fingerprint density at radius 3 is 2.27 bits per heavy atom. The molecule has 2 N–H and O–H groups in total. The van der Waals surface area contributed by atoms with Crippen LogP contribution in [0.3, 0.4) is 0 Å². The number of carbonyl (C=O) groups excluding carboxylic acids is 3. The van der Waals surface area contributed by atoms with E-state index >= 15 is 0 Å². The molecule has 7 nitrogen and oxygen atoms in total. The quantitative estimate of drug-likeness (QED) is 0.304. The van der Waals surface area contributed by atoms with Crippen LogP contribution in [-0.4, -0.2) is 46.5 Å². The maximum absolute atomic E-state index is 14.4. The molecule has 1 aromatic rings. The molecular weight excluding hydrogens is 466 g/mol. The van der Waals surface area contributed by atoms with Crippen molar-refractivity contribution in [3.63, 3.8) is 0 Å². The first-order valence-corrected chi connectivity index (χ1v) is 13.5. The number of rotatable bonds is 13. The largest absolute Gasteiger partial charge is 0.444 e. The highest BCUT2D eigenvalue weighted by molar-refractivity contribution is 5.93. The molecule has 3 amide bonds. The monoisotopic (exact) mass is 515 g/mol. The summed E-state index contributed by atoms with van der Waals surface area (Å²) in [6, 6.07) is 5.79. The minimum atomic E-state index is -0.883. The van der Waals surface area contributed by atoms with E-state index in [1.807, 2.05) is 58.9 Å². The Hall–Kier alpha value is -2.83. The molecule has 0 bridgehead atoms. The van der Waals surface area contributed by atoms with E-state index in [1.165, 1.54) is 0 Å². The van der Waals surface area contributed by atoms with E-state index in [2.05, 4.69) is 24.1 Å². The van der Waals surface area contributed by atoms with Crippen molar-refractivity contribution in [2.45, 2.75) is 111 Å². The van der Waals surface area contributed by atoms with Crippen LogP contribution in [0.1, 0.15) is 105 Å². The normalized spacial score (nSPS) is 14.2. The van der Waals surface area contributed by atoms with E-state index in [9.17, 15) is 14.4 Å². The van der Waals surface area contributed by atoms with Gasteiger partial charge in [-0.2, -0.15) is 0 Å². The van der Waals surface area contributed by atoms with Crippen LogP contribution in [0.15, 0.2) is 30.8 Å². The van der Waals surface area contributed by atoms with Crippen molar-refractivity contribution in [2.75, 3.05) is 6.54 Å². The van der Waals surface area contributed by atoms with Crippen molar-refractivity contribution in [1.29, 1.82) is 0 Å². The van der Waals surface area contributed by atoms with E-state index in [-0.39, 0.29) is 17.7 Å². The molecule has 0 aliphatic heterocycles. The molecule has 7 heteroatoms. The van der Waals surface area contributed by atoms with Crippen LogP contribution in [0.2, 0.25) is 0 Å². The number of nitrogens with one attached hydrogen (secondary N) is 2. The van der Waals surface area contributed by atoms with Crippen LogP contribution in [0, 0.1) is 5.92 Å². The number of amides is 3. The standard InChI is InChI=1S/C30H49N3O4/c1-11-15-19-31-26(34)25(23-18-16-17-22(13-3)20-23)33(30(9,10)14-4)27(35)24(21(5)12-2)32-28(36)37-29(6,7)8/h13,16-18,20-21,24-25H,3,11-12,14-15,19H2,1-2,4-10H3,(H,31,34)(H,32,36). The van der Waals surface area contributed by atoms with Gasteiger partial charge in [-0.1, -0.05) is 71.4 Å². The number of alkyl carbamates (subject to hydrolysis) is 1. The third kappa shape index (κ3) is 9.52. The summed E-state index contributed by atoms with van der Waals surface area (Å²) in [5, 5.41) is 5.86. The topological polar surface area (TPSA) is 87.7 Å². The van der Waals surface area contributed by atoms with Gasteiger partial charge in [0.15, 0.2) is 0 Å². The maximum atomic E-state index is 14.4. The number of carbonyl (C=O) groups is 3. The molecule has 0 aliphatic rings. The predicted octanol–water partition coefficient (Wildman–Crippen LogP) is 6.24. The average Bonchev–Trinajstić information content (AvgIpc) is 2.83. The Morgan fingerprint density at radius 1 is 1.11 bits per heavy atom. The molecule has 1 rings (SSSR count). The van der Waals surface area contributed by atoms with Gasteiger partial charge in [-0.25, -0.2) is 4.79 Å². The van der Waals surface area contributed by atoms with Gasteiger partial charge >= 0.3 is 6.09 Å². The highest BCUT2D eigenvalue weighted by Crippen LogP contribution is 2.33. The fourth-order valence-electron chi connectivity index (χ4n) is 3.97. The van der Waals surface area contributed by atoms with E-state index in [1.54, 1.807) is 31.7 Å². The van der Waals surface area contributed by atoms with E-state index < -0.39 is 29.3 Å². The first-order chi connectivity index (χ1) is 17.2. The van der Waals surface area contributed by atoms with Gasteiger partial charge in [0, 0.05) is 12.1 Å². The first-order valence-electron chi connectivity index (χ1n) is 13.5. The second-order valence-electron chi connectivity index (χ2n) is 11.3. The van der Waals surface area contributed by atoms with Gasteiger partial charge in [-0.05, 0) is 70.6 Å². The Balaban J connectivity index is 3.67. The van der Waals surface area contributed by atoms with Crippen LogP contribution in [0.5, 0.6) is 0 Å². The number of unbranched alkanes of at least 4 members (excludes halogenated alkanes) is 1. The Bertz CT molecular complexity index is 920. The summed E-state index contributed by atoms with van der Waals surface area (Å²) in [5.41, 5.74) is 0.162. The molecule has 0 spiro atoms. The number of nitrogens with zero attached hydrogens (tertiary/aromatic N) is 1. The van der Waals surface area contributed by atoms with Gasteiger partial charge in [0.1, 0.15) is 17.7 Å². The van der Waals surface area contributed by atoms with Crippen LogP contribution < -0.4 is 10.6 Å². The highest BCUT2D eigenvalue weighted by atomic mass is 16.6. The van der Waals surface area contributed by atoms with E-state index in [0.29, 0.717) is 24.9 Å². The summed E-state index contributed by atoms with van der Waals surface area (Å²) in [4.78, 5) is 42.6. The summed E-state index contributed by atoms with van der Waals surface area (Å²) >= 11 is 0. The van der Waals surface area contributed by atoms with Gasteiger partial charge in [-0.3, -0.25) is 9.59 Å². The second kappa shape index (κ2) is 14.2. The zero-order chi connectivity index (χ0) is 28.4. The van der Waals surface area contributed by atoms with Gasteiger partial charge < -0.3 is 20.3 Å². The fraction of sp³-hybridized carbons (Fsp3) is 0.633. The predicted molar refractivity (Wildman–Crippen MR) is 151 cm³/mol. The van der Waals surface area contributed by atoms with Gasteiger partial charge in [0.05, 0.1) is 0 Å². The average molecular weight is 516 g/mol. The van der Waals surface area contributed by atoms with Crippen molar-refractivity contribution in [3.05, 3.63) is 42.0 Å². The molecule has 208 valence electrons. The van der Waals surface area contributed by atoms with Crippen LogP contribution in [0.4, 0.5) is 4.79 Å². The summed E-state index contributed by atoms with van der Waals surface area (Å²) in [6.45, 7) is 21.6. The van der Waals surface area contributed by atoms with Crippen molar-refractivity contribution in [1.82, 2.24) is 15.5 Å². The molecule has 3 atom stereocenters. The maximum Gasteiger partial charge on any atom is 0.408 e. The van der Waals surface area contributed by atoms with E-state index in [0.717, 1.165) is 18.4 Å². The zero-order valence-electron chi connectivity index (χ0n) is 24.4. The molecule has 0 saturated carbocycles. The zero-order valence-corrected chi connectivity index (χ0v) is 24.4. The molecule has 0 radical (unpaired) electrons. The van der Waals surface area contributed by atoms with Gasteiger partial charge in [0.2, 0.25) is 11.8 Å². The lowest BCUT2D eigenvalue weighted by atomic mass is 9.89. The molecule has 0 aliphatic carbocycles. The van der Waals surface area contributed by atoms with Crippen LogP contribution >= 0.6 is 0 Å². The molecular formula is C30H49N3O4. The van der Waals surface area contributed by atoms with Crippen LogP contribution in [-0.2, 0) is 14.3 Å². The first kappa shape index (κ1) is 32.2.